The first-order chi connectivity index (χ1) is 8.93. The number of hydrogen-bond acceptors (Lipinski definition) is 2. The highest BCUT2D eigenvalue weighted by Crippen LogP contribution is 2.25. The van der Waals surface area contributed by atoms with Gasteiger partial charge in [0, 0.05) is 6.04 Å². The molecule has 1 N–H and O–H groups in total. The predicted molar refractivity (Wildman–Crippen MR) is 83.0 cm³/mol. The standard InChI is InChI=1S/C17H29NO/c1-14(18-5)9-6-7-12-19-16-11-8-10-15(13-16)17(2,3)4/h8,10-11,13-14,18H,6-7,9,12H2,1-5H3. The first kappa shape index (κ1) is 16.0. The lowest BCUT2D eigenvalue weighted by Gasteiger charge is -2.19. The Balaban J connectivity index is 2.34. The summed E-state index contributed by atoms with van der Waals surface area (Å²) >= 11 is 0. The summed E-state index contributed by atoms with van der Waals surface area (Å²) in [6.45, 7) is 9.71. The van der Waals surface area contributed by atoms with Gasteiger partial charge in [-0.15, -0.1) is 0 Å². The summed E-state index contributed by atoms with van der Waals surface area (Å²) < 4.78 is 5.84. The van der Waals surface area contributed by atoms with E-state index in [9.17, 15) is 0 Å². The van der Waals surface area contributed by atoms with Gasteiger partial charge in [0.1, 0.15) is 5.75 Å². The summed E-state index contributed by atoms with van der Waals surface area (Å²) in [6, 6.07) is 9.06. The zero-order valence-electron chi connectivity index (χ0n) is 13.1. The molecular weight excluding hydrogens is 234 g/mol. The molecule has 0 bridgehead atoms. The summed E-state index contributed by atoms with van der Waals surface area (Å²) in [5.74, 6) is 0.995. The fourth-order valence-electron chi connectivity index (χ4n) is 1.94. The molecule has 0 spiro atoms. The van der Waals surface area contributed by atoms with E-state index in [0.29, 0.717) is 6.04 Å². The van der Waals surface area contributed by atoms with Crippen molar-refractivity contribution >= 4 is 0 Å². The third-order valence-electron chi connectivity index (χ3n) is 3.49. The van der Waals surface area contributed by atoms with Gasteiger partial charge >= 0.3 is 0 Å². The molecule has 0 saturated carbocycles. The van der Waals surface area contributed by atoms with Gasteiger partial charge in [-0.05, 0) is 56.3 Å². The SMILES string of the molecule is CNC(C)CCCCOc1cccc(C(C)(C)C)c1. The van der Waals surface area contributed by atoms with Crippen LogP contribution in [0.15, 0.2) is 24.3 Å². The average molecular weight is 263 g/mol. The van der Waals surface area contributed by atoms with E-state index in [-0.39, 0.29) is 5.41 Å². The maximum Gasteiger partial charge on any atom is 0.119 e. The van der Waals surface area contributed by atoms with Crippen LogP contribution >= 0.6 is 0 Å². The molecule has 1 rings (SSSR count). The molecule has 1 aromatic rings. The molecule has 0 fully saturated rings. The average Bonchev–Trinajstić information content (AvgIpc) is 2.37. The molecule has 108 valence electrons. The van der Waals surface area contributed by atoms with Crippen LogP contribution in [0.1, 0.15) is 52.5 Å². The second-order valence-electron chi connectivity index (χ2n) is 6.31. The highest BCUT2D eigenvalue weighted by molar-refractivity contribution is 5.32. The molecule has 0 aliphatic carbocycles. The summed E-state index contributed by atoms with van der Waals surface area (Å²) in [5, 5.41) is 3.26. The minimum absolute atomic E-state index is 0.182. The Morgan fingerprint density at radius 2 is 1.95 bits per heavy atom. The van der Waals surface area contributed by atoms with Gasteiger partial charge in [0.05, 0.1) is 6.61 Å². The predicted octanol–water partition coefficient (Wildman–Crippen LogP) is 4.14. The fourth-order valence-corrected chi connectivity index (χ4v) is 1.94. The first-order valence-electron chi connectivity index (χ1n) is 7.34. The van der Waals surface area contributed by atoms with E-state index < -0.39 is 0 Å². The lowest BCUT2D eigenvalue weighted by molar-refractivity contribution is 0.301. The fraction of sp³-hybridized carbons (Fsp3) is 0.647. The highest BCUT2D eigenvalue weighted by atomic mass is 16.5. The molecule has 0 aliphatic heterocycles. The van der Waals surface area contributed by atoms with Crippen molar-refractivity contribution in [3.63, 3.8) is 0 Å². The van der Waals surface area contributed by atoms with Crippen LogP contribution in [0.25, 0.3) is 0 Å². The van der Waals surface area contributed by atoms with E-state index in [2.05, 4.69) is 51.2 Å². The van der Waals surface area contributed by atoms with Crippen molar-refractivity contribution in [3.8, 4) is 5.75 Å². The molecule has 0 saturated heterocycles. The van der Waals surface area contributed by atoms with E-state index in [1.54, 1.807) is 0 Å². The van der Waals surface area contributed by atoms with Crippen molar-refractivity contribution in [2.24, 2.45) is 0 Å². The zero-order chi connectivity index (χ0) is 14.3. The maximum absolute atomic E-state index is 5.84. The third kappa shape index (κ3) is 6.11. The summed E-state index contributed by atoms with van der Waals surface area (Å²) in [5.41, 5.74) is 1.51. The summed E-state index contributed by atoms with van der Waals surface area (Å²) in [7, 11) is 2.01. The van der Waals surface area contributed by atoms with Gasteiger partial charge in [-0.25, -0.2) is 0 Å². The molecule has 2 heteroatoms. The van der Waals surface area contributed by atoms with Crippen LogP contribution in [-0.4, -0.2) is 19.7 Å². The van der Waals surface area contributed by atoms with Crippen LogP contribution in [0.2, 0.25) is 0 Å². The van der Waals surface area contributed by atoms with Crippen molar-refractivity contribution in [1.82, 2.24) is 5.32 Å². The molecule has 1 aromatic carbocycles. The van der Waals surface area contributed by atoms with Crippen LogP contribution in [-0.2, 0) is 5.41 Å². The van der Waals surface area contributed by atoms with Crippen molar-refractivity contribution in [1.29, 1.82) is 0 Å². The van der Waals surface area contributed by atoms with Crippen molar-refractivity contribution in [3.05, 3.63) is 29.8 Å². The van der Waals surface area contributed by atoms with Crippen LogP contribution in [0.4, 0.5) is 0 Å². The van der Waals surface area contributed by atoms with Crippen LogP contribution in [0.3, 0.4) is 0 Å². The van der Waals surface area contributed by atoms with Crippen LogP contribution in [0, 0.1) is 0 Å². The second kappa shape index (κ2) is 7.54. The monoisotopic (exact) mass is 263 g/mol. The number of nitrogens with one attached hydrogen (secondary N) is 1. The Morgan fingerprint density at radius 3 is 2.58 bits per heavy atom. The molecule has 0 heterocycles. The number of ether oxygens (including phenoxy) is 1. The molecule has 0 aliphatic rings. The van der Waals surface area contributed by atoms with Crippen LogP contribution in [0.5, 0.6) is 5.75 Å². The smallest absolute Gasteiger partial charge is 0.119 e. The zero-order valence-corrected chi connectivity index (χ0v) is 13.1. The van der Waals surface area contributed by atoms with Gasteiger partial charge < -0.3 is 10.1 Å². The largest absolute Gasteiger partial charge is 0.494 e. The molecule has 1 unspecified atom stereocenters. The number of rotatable bonds is 7. The van der Waals surface area contributed by atoms with E-state index in [0.717, 1.165) is 18.8 Å². The lowest BCUT2D eigenvalue weighted by Crippen LogP contribution is -2.20. The lowest BCUT2D eigenvalue weighted by atomic mass is 9.87. The summed E-state index contributed by atoms with van der Waals surface area (Å²) in [4.78, 5) is 0. The topological polar surface area (TPSA) is 21.3 Å². The Bertz CT molecular complexity index is 368. The first-order valence-corrected chi connectivity index (χ1v) is 7.34. The van der Waals surface area contributed by atoms with E-state index in [1.165, 1.54) is 18.4 Å². The quantitative estimate of drug-likeness (QED) is 0.746. The van der Waals surface area contributed by atoms with Gasteiger partial charge in [-0.2, -0.15) is 0 Å². The second-order valence-corrected chi connectivity index (χ2v) is 6.31. The Labute approximate surface area is 118 Å². The van der Waals surface area contributed by atoms with E-state index in [4.69, 9.17) is 4.74 Å². The van der Waals surface area contributed by atoms with Gasteiger partial charge in [0.2, 0.25) is 0 Å². The van der Waals surface area contributed by atoms with E-state index in [1.807, 2.05) is 13.1 Å². The Morgan fingerprint density at radius 1 is 1.21 bits per heavy atom. The van der Waals surface area contributed by atoms with Crippen LogP contribution < -0.4 is 10.1 Å². The summed E-state index contributed by atoms with van der Waals surface area (Å²) in [6.07, 6.45) is 3.54. The molecule has 2 nitrogen and oxygen atoms in total. The highest BCUT2D eigenvalue weighted by Gasteiger charge is 2.13. The number of benzene rings is 1. The number of unbranched alkanes of at least 4 members (excludes halogenated alkanes) is 1. The maximum atomic E-state index is 5.84. The van der Waals surface area contributed by atoms with Crippen molar-refractivity contribution in [2.75, 3.05) is 13.7 Å². The minimum atomic E-state index is 0.182. The molecule has 1 atom stereocenters. The number of hydrogen-bond donors (Lipinski definition) is 1. The Kier molecular flexibility index (Phi) is 6.36. The van der Waals surface area contributed by atoms with Gasteiger partial charge in [0.15, 0.2) is 0 Å². The Hall–Kier alpha value is -1.02. The van der Waals surface area contributed by atoms with Gasteiger partial charge in [0.25, 0.3) is 0 Å². The molecule has 0 aromatic heterocycles. The molecule has 0 amide bonds. The minimum Gasteiger partial charge on any atom is -0.494 e. The molecule has 19 heavy (non-hydrogen) atoms. The molecule has 0 radical (unpaired) electrons. The van der Waals surface area contributed by atoms with E-state index >= 15 is 0 Å². The third-order valence-corrected chi connectivity index (χ3v) is 3.49. The van der Waals surface area contributed by atoms with Crippen molar-refractivity contribution < 1.29 is 4.74 Å². The van der Waals surface area contributed by atoms with Crippen molar-refractivity contribution in [2.45, 2.75) is 58.4 Å². The van der Waals surface area contributed by atoms with Gasteiger partial charge in [-0.3, -0.25) is 0 Å². The molecular formula is C17H29NO. The van der Waals surface area contributed by atoms with Gasteiger partial charge in [-0.1, -0.05) is 32.9 Å². The normalized spacial score (nSPS) is 13.3.